The van der Waals surface area contributed by atoms with E-state index in [2.05, 4.69) is 0 Å². The van der Waals surface area contributed by atoms with Crippen molar-refractivity contribution in [1.82, 2.24) is 0 Å². The molecule has 1 atom stereocenters. The number of ether oxygens (including phenoxy) is 1. The molecule has 1 aromatic rings. The van der Waals surface area contributed by atoms with Gasteiger partial charge < -0.3 is 15.4 Å². The first-order valence-corrected chi connectivity index (χ1v) is 6.58. The maximum atomic E-state index is 14.1. The number of morpholine rings is 1. The van der Waals surface area contributed by atoms with Crippen LogP contribution in [0.5, 0.6) is 0 Å². The molecule has 0 bridgehead atoms. The highest BCUT2D eigenvalue weighted by Crippen LogP contribution is 2.28. The predicted molar refractivity (Wildman–Crippen MR) is 74.5 cm³/mol. The Kier molecular flexibility index (Phi) is 4.31. The molecule has 1 aliphatic rings. The molecule has 3 nitrogen and oxygen atoms in total. The molecular formula is C13H16F2N2OS. The van der Waals surface area contributed by atoms with Gasteiger partial charge in [-0.25, -0.2) is 8.78 Å². The van der Waals surface area contributed by atoms with Gasteiger partial charge in [0.15, 0.2) is 0 Å². The van der Waals surface area contributed by atoms with Gasteiger partial charge in [0.05, 0.1) is 19.3 Å². The minimum atomic E-state index is -0.636. The number of nitrogens with two attached hydrogens (primary N) is 1. The van der Waals surface area contributed by atoms with Gasteiger partial charge in [-0.2, -0.15) is 0 Å². The highest BCUT2D eigenvalue weighted by atomic mass is 32.1. The fourth-order valence-corrected chi connectivity index (χ4v) is 2.39. The van der Waals surface area contributed by atoms with Gasteiger partial charge in [-0.1, -0.05) is 19.1 Å². The lowest BCUT2D eigenvalue weighted by Gasteiger charge is -2.37. The zero-order chi connectivity index (χ0) is 14.0. The summed E-state index contributed by atoms with van der Waals surface area (Å²) >= 11 is 4.74. The van der Waals surface area contributed by atoms with Gasteiger partial charge in [0, 0.05) is 12.1 Å². The van der Waals surface area contributed by atoms with E-state index in [4.69, 9.17) is 22.7 Å². The second kappa shape index (κ2) is 5.79. The summed E-state index contributed by atoms with van der Waals surface area (Å²) in [6.07, 6.45) is 0.760. The second-order valence-corrected chi connectivity index (χ2v) is 4.92. The van der Waals surface area contributed by atoms with Gasteiger partial charge in [-0.3, -0.25) is 0 Å². The Morgan fingerprint density at radius 1 is 1.47 bits per heavy atom. The average molecular weight is 286 g/mol. The zero-order valence-electron chi connectivity index (χ0n) is 10.7. The summed E-state index contributed by atoms with van der Waals surface area (Å²) in [5, 5.41) is 0. The highest BCUT2D eigenvalue weighted by Gasteiger charge is 2.27. The smallest absolute Gasteiger partial charge is 0.150 e. The van der Waals surface area contributed by atoms with Crippen LogP contribution < -0.4 is 10.6 Å². The third kappa shape index (κ3) is 2.84. The molecule has 0 saturated carbocycles. The molecule has 0 amide bonds. The van der Waals surface area contributed by atoms with Crippen LogP contribution in [-0.2, 0) is 4.74 Å². The third-order valence-corrected chi connectivity index (χ3v) is 3.52. The van der Waals surface area contributed by atoms with E-state index in [1.807, 2.05) is 6.92 Å². The number of nitrogens with zero attached hydrogens (tertiary/aromatic N) is 1. The predicted octanol–water partition coefficient (Wildman–Crippen LogP) is 2.21. The largest absolute Gasteiger partial charge is 0.389 e. The van der Waals surface area contributed by atoms with Crippen molar-refractivity contribution in [2.45, 2.75) is 19.4 Å². The summed E-state index contributed by atoms with van der Waals surface area (Å²) in [4.78, 5) is 1.70. The molecule has 1 fully saturated rings. The van der Waals surface area contributed by atoms with Crippen molar-refractivity contribution in [2.75, 3.05) is 24.7 Å². The van der Waals surface area contributed by atoms with E-state index in [1.54, 1.807) is 4.90 Å². The lowest BCUT2D eigenvalue weighted by molar-refractivity contribution is 0.0922. The lowest BCUT2D eigenvalue weighted by atomic mass is 10.1. The van der Waals surface area contributed by atoms with E-state index < -0.39 is 11.6 Å². The zero-order valence-corrected chi connectivity index (χ0v) is 11.5. The number of halogens is 2. The normalized spacial score (nSPS) is 19.5. The summed E-state index contributed by atoms with van der Waals surface area (Å²) in [5.74, 6) is -1.27. The maximum absolute atomic E-state index is 14.1. The van der Waals surface area contributed by atoms with Crippen LogP contribution in [0.15, 0.2) is 12.1 Å². The number of benzene rings is 1. The maximum Gasteiger partial charge on any atom is 0.150 e. The Morgan fingerprint density at radius 3 is 2.63 bits per heavy atom. The SMILES string of the molecule is CCC1COCCN1c1c(F)cc(C(N)=S)cc1F. The van der Waals surface area contributed by atoms with Gasteiger partial charge in [-0.15, -0.1) is 0 Å². The number of hydrogen-bond donors (Lipinski definition) is 1. The van der Waals surface area contributed by atoms with Gasteiger partial charge in [-0.05, 0) is 18.6 Å². The van der Waals surface area contributed by atoms with Gasteiger partial charge in [0.2, 0.25) is 0 Å². The minimum Gasteiger partial charge on any atom is -0.389 e. The van der Waals surface area contributed by atoms with Crippen molar-refractivity contribution < 1.29 is 13.5 Å². The van der Waals surface area contributed by atoms with Crippen molar-refractivity contribution in [2.24, 2.45) is 5.73 Å². The van der Waals surface area contributed by atoms with Crippen LogP contribution in [0.2, 0.25) is 0 Å². The number of thiocarbonyl (C=S) groups is 1. The topological polar surface area (TPSA) is 38.5 Å². The van der Waals surface area contributed by atoms with Gasteiger partial charge in [0.1, 0.15) is 22.3 Å². The van der Waals surface area contributed by atoms with E-state index in [0.717, 1.165) is 6.42 Å². The first kappa shape index (κ1) is 14.1. The molecule has 1 unspecified atom stereocenters. The molecule has 2 N–H and O–H groups in total. The molecule has 0 spiro atoms. The quantitative estimate of drug-likeness (QED) is 0.865. The molecule has 6 heteroatoms. The van der Waals surface area contributed by atoms with Crippen LogP contribution in [0.4, 0.5) is 14.5 Å². The summed E-state index contributed by atoms with van der Waals surface area (Å²) < 4.78 is 33.6. The van der Waals surface area contributed by atoms with E-state index in [-0.39, 0.29) is 22.3 Å². The van der Waals surface area contributed by atoms with Crippen LogP contribution in [0.1, 0.15) is 18.9 Å². The average Bonchev–Trinajstić information content (AvgIpc) is 2.38. The summed E-state index contributed by atoms with van der Waals surface area (Å²) in [7, 11) is 0. The lowest BCUT2D eigenvalue weighted by Crippen LogP contribution is -2.46. The number of hydrogen-bond acceptors (Lipinski definition) is 3. The fourth-order valence-electron chi connectivity index (χ4n) is 2.27. The molecule has 1 heterocycles. The Bertz CT molecular complexity index is 473. The molecule has 0 aromatic heterocycles. The highest BCUT2D eigenvalue weighted by molar-refractivity contribution is 7.80. The molecule has 19 heavy (non-hydrogen) atoms. The van der Waals surface area contributed by atoms with Crippen molar-refractivity contribution in [1.29, 1.82) is 0 Å². The Labute approximate surface area is 116 Å². The minimum absolute atomic E-state index is 0.0154. The van der Waals surface area contributed by atoms with Crippen molar-refractivity contribution in [3.05, 3.63) is 29.3 Å². The van der Waals surface area contributed by atoms with E-state index >= 15 is 0 Å². The van der Waals surface area contributed by atoms with E-state index in [1.165, 1.54) is 12.1 Å². The molecule has 1 aliphatic heterocycles. The van der Waals surface area contributed by atoms with Crippen LogP contribution in [0, 0.1) is 11.6 Å². The fraction of sp³-hybridized carbons (Fsp3) is 0.462. The summed E-state index contributed by atoms with van der Waals surface area (Å²) in [6, 6.07) is 2.35. The Balaban J connectivity index is 2.41. The Morgan fingerprint density at radius 2 is 2.11 bits per heavy atom. The number of rotatable bonds is 3. The van der Waals surface area contributed by atoms with Crippen molar-refractivity contribution >= 4 is 22.9 Å². The van der Waals surface area contributed by atoms with Gasteiger partial charge >= 0.3 is 0 Å². The second-order valence-electron chi connectivity index (χ2n) is 4.48. The first-order valence-electron chi connectivity index (χ1n) is 6.17. The van der Waals surface area contributed by atoms with Crippen LogP contribution >= 0.6 is 12.2 Å². The summed E-state index contributed by atoms with van der Waals surface area (Å²) in [6.45, 7) is 3.38. The molecule has 2 rings (SSSR count). The van der Waals surface area contributed by atoms with E-state index in [0.29, 0.717) is 19.8 Å². The summed E-state index contributed by atoms with van der Waals surface area (Å²) in [5.41, 5.74) is 5.58. The molecule has 0 radical (unpaired) electrons. The molecule has 1 aromatic carbocycles. The van der Waals surface area contributed by atoms with Crippen LogP contribution in [0.25, 0.3) is 0 Å². The molecular weight excluding hydrogens is 270 g/mol. The standard InChI is InChI=1S/C13H16F2N2OS/c1-2-9-7-18-4-3-17(9)12-10(14)5-8(13(16)19)6-11(12)15/h5-6,9H,2-4,7H2,1H3,(H2,16,19). The van der Waals surface area contributed by atoms with Gasteiger partial charge in [0.25, 0.3) is 0 Å². The number of anilines is 1. The monoisotopic (exact) mass is 286 g/mol. The Hall–Kier alpha value is -1.27. The first-order chi connectivity index (χ1) is 9.04. The van der Waals surface area contributed by atoms with Crippen molar-refractivity contribution in [3.63, 3.8) is 0 Å². The molecule has 0 aliphatic carbocycles. The third-order valence-electron chi connectivity index (χ3n) is 3.29. The van der Waals surface area contributed by atoms with Crippen LogP contribution in [0.3, 0.4) is 0 Å². The van der Waals surface area contributed by atoms with E-state index in [9.17, 15) is 8.78 Å². The van der Waals surface area contributed by atoms with Crippen LogP contribution in [-0.4, -0.2) is 30.8 Å². The molecule has 1 saturated heterocycles. The van der Waals surface area contributed by atoms with Crippen molar-refractivity contribution in [3.8, 4) is 0 Å². The molecule has 104 valence electrons.